The van der Waals surface area contributed by atoms with E-state index < -0.39 is 0 Å². The highest BCUT2D eigenvalue weighted by molar-refractivity contribution is 5.84. The van der Waals surface area contributed by atoms with Crippen LogP contribution >= 0.6 is 0 Å². The molecule has 0 amide bonds. The summed E-state index contributed by atoms with van der Waals surface area (Å²) < 4.78 is 0. The molecule has 0 unspecified atom stereocenters. The summed E-state index contributed by atoms with van der Waals surface area (Å²) in [5.41, 5.74) is 3.48. The molecule has 0 atom stereocenters. The van der Waals surface area contributed by atoms with E-state index in [9.17, 15) is 5.11 Å². The quantitative estimate of drug-likeness (QED) is 0.654. The lowest BCUT2D eigenvalue weighted by Gasteiger charge is -2.05. The lowest BCUT2D eigenvalue weighted by atomic mass is 10.2. The molecule has 5 nitrogen and oxygen atoms in total. The summed E-state index contributed by atoms with van der Waals surface area (Å²) in [5.74, 6) is 0.172. The van der Waals surface area contributed by atoms with Gasteiger partial charge in [-0.3, -0.25) is 0 Å². The summed E-state index contributed by atoms with van der Waals surface area (Å²) in [7, 11) is 0. The maximum atomic E-state index is 9.58. The fraction of sp³-hybridized carbons (Fsp3) is 0.222. The first-order chi connectivity index (χ1) is 6.83. The standard InChI is InChI=1S/C9H11N3O2/c13-5-4-10-12-9-7(6-11-12)2-1-3-8(9)14/h1-3,6,10,13-14H,4-5H2. The maximum Gasteiger partial charge on any atom is 0.143 e. The van der Waals surface area contributed by atoms with Gasteiger partial charge in [0.1, 0.15) is 11.3 Å². The number of hydrogen-bond acceptors (Lipinski definition) is 4. The fourth-order valence-corrected chi connectivity index (χ4v) is 1.34. The number of benzene rings is 1. The zero-order valence-electron chi connectivity index (χ0n) is 7.51. The van der Waals surface area contributed by atoms with Gasteiger partial charge in [-0.05, 0) is 6.07 Å². The number of nitrogens with zero attached hydrogens (tertiary/aromatic N) is 2. The van der Waals surface area contributed by atoms with E-state index in [1.54, 1.807) is 18.3 Å². The predicted molar refractivity (Wildman–Crippen MR) is 52.7 cm³/mol. The largest absolute Gasteiger partial charge is 0.506 e. The van der Waals surface area contributed by atoms with Crippen molar-refractivity contribution in [2.24, 2.45) is 0 Å². The minimum Gasteiger partial charge on any atom is -0.506 e. The Balaban J connectivity index is 2.45. The van der Waals surface area contributed by atoms with E-state index in [1.165, 1.54) is 4.79 Å². The third kappa shape index (κ3) is 1.38. The number of para-hydroxylation sites is 1. The van der Waals surface area contributed by atoms with Crippen molar-refractivity contribution >= 4 is 10.9 Å². The topological polar surface area (TPSA) is 70.3 Å². The molecular weight excluding hydrogens is 182 g/mol. The van der Waals surface area contributed by atoms with Crippen LogP contribution in [0.15, 0.2) is 24.4 Å². The first kappa shape index (κ1) is 8.83. The molecule has 3 N–H and O–H groups in total. The Hall–Kier alpha value is -1.75. The molecule has 2 aromatic rings. The Morgan fingerprint density at radius 1 is 1.43 bits per heavy atom. The van der Waals surface area contributed by atoms with Crippen molar-refractivity contribution in [2.45, 2.75) is 0 Å². The number of nitrogens with one attached hydrogen (secondary N) is 1. The van der Waals surface area contributed by atoms with Gasteiger partial charge in [0.05, 0.1) is 19.3 Å². The number of phenols is 1. The highest BCUT2D eigenvalue weighted by Crippen LogP contribution is 2.22. The SMILES string of the molecule is OCCNn1ncc2cccc(O)c21. The molecule has 74 valence electrons. The average molecular weight is 193 g/mol. The first-order valence-corrected chi connectivity index (χ1v) is 4.33. The van der Waals surface area contributed by atoms with E-state index in [4.69, 9.17) is 5.11 Å². The summed E-state index contributed by atoms with van der Waals surface area (Å²) in [6.07, 6.45) is 1.65. The van der Waals surface area contributed by atoms with Crippen LogP contribution in [0, 0.1) is 0 Å². The summed E-state index contributed by atoms with van der Waals surface area (Å²) >= 11 is 0. The van der Waals surface area contributed by atoms with Crippen molar-refractivity contribution in [3.05, 3.63) is 24.4 Å². The van der Waals surface area contributed by atoms with E-state index in [0.717, 1.165) is 5.39 Å². The lowest BCUT2D eigenvalue weighted by molar-refractivity contribution is 0.306. The molecule has 1 aromatic heterocycles. The molecule has 14 heavy (non-hydrogen) atoms. The molecular formula is C9H11N3O2. The zero-order valence-corrected chi connectivity index (χ0v) is 7.51. The molecule has 0 fully saturated rings. The van der Waals surface area contributed by atoms with Gasteiger partial charge >= 0.3 is 0 Å². The van der Waals surface area contributed by atoms with Gasteiger partial charge in [-0.25, -0.2) is 0 Å². The van der Waals surface area contributed by atoms with Crippen LogP contribution in [0.25, 0.3) is 10.9 Å². The minimum absolute atomic E-state index is 0.0228. The van der Waals surface area contributed by atoms with Gasteiger partial charge in [0.2, 0.25) is 0 Å². The second kappa shape index (κ2) is 3.55. The molecule has 0 radical (unpaired) electrons. The second-order valence-electron chi connectivity index (χ2n) is 2.90. The van der Waals surface area contributed by atoms with Crippen LogP contribution in [0.1, 0.15) is 0 Å². The summed E-state index contributed by atoms with van der Waals surface area (Å²) in [6, 6.07) is 5.22. The monoisotopic (exact) mass is 193 g/mol. The Morgan fingerprint density at radius 2 is 2.29 bits per heavy atom. The molecule has 0 aliphatic rings. The zero-order chi connectivity index (χ0) is 9.97. The molecule has 1 heterocycles. The normalized spacial score (nSPS) is 10.6. The van der Waals surface area contributed by atoms with Crippen LogP contribution in [0.2, 0.25) is 0 Å². The van der Waals surface area contributed by atoms with Crippen molar-refractivity contribution in [3.8, 4) is 5.75 Å². The molecule has 0 aliphatic carbocycles. The summed E-state index contributed by atoms with van der Waals surface area (Å²) in [6.45, 7) is 0.417. The number of fused-ring (bicyclic) bond motifs is 1. The van der Waals surface area contributed by atoms with Crippen LogP contribution in [-0.4, -0.2) is 33.3 Å². The van der Waals surface area contributed by atoms with Crippen LogP contribution < -0.4 is 5.43 Å². The third-order valence-corrected chi connectivity index (χ3v) is 1.94. The van der Waals surface area contributed by atoms with Gasteiger partial charge in [0, 0.05) is 5.39 Å². The average Bonchev–Trinajstić information content (AvgIpc) is 2.59. The number of aromatic hydroxyl groups is 1. The van der Waals surface area contributed by atoms with Crippen LogP contribution in [0.4, 0.5) is 0 Å². The molecule has 0 saturated heterocycles. The maximum absolute atomic E-state index is 9.58. The van der Waals surface area contributed by atoms with Crippen LogP contribution in [-0.2, 0) is 0 Å². The Kier molecular flexibility index (Phi) is 2.24. The predicted octanol–water partition coefficient (Wildman–Crippen LogP) is 0.278. The number of phenolic OH excluding ortho intramolecular Hbond substituents is 1. The molecule has 0 spiro atoms. The van der Waals surface area contributed by atoms with E-state index in [1.807, 2.05) is 6.07 Å². The first-order valence-electron chi connectivity index (χ1n) is 4.33. The van der Waals surface area contributed by atoms with Gasteiger partial charge in [-0.2, -0.15) is 9.89 Å². The Bertz CT molecular complexity index is 439. The van der Waals surface area contributed by atoms with Crippen LogP contribution in [0.5, 0.6) is 5.75 Å². The lowest BCUT2D eigenvalue weighted by Crippen LogP contribution is -2.19. The molecule has 0 aliphatic heterocycles. The highest BCUT2D eigenvalue weighted by Gasteiger charge is 2.05. The van der Waals surface area contributed by atoms with Crippen molar-refractivity contribution in [3.63, 3.8) is 0 Å². The summed E-state index contributed by atoms with van der Waals surface area (Å²) in [5, 5.41) is 23.1. The van der Waals surface area contributed by atoms with Gasteiger partial charge in [-0.15, -0.1) is 0 Å². The minimum atomic E-state index is 0.0228. The van der Waals surface area contributed by atoms with E-state index in [-0.39, 0.29) is 12.4 Å². The van der Waals surface area contributed by atoms with Gasteiger partial charge in [0.15, 0.2) is 0 Å². The molecule has 0 saturated carbocycles. The van der Waals surface area contributed by atoms with Gasteiger partial charge < -0.3 is 15.6 Å². The Labute approximate surface area is 80.6 Å². The van der Waals surface area contributed by atoms with Crippen molar-refractivity contribution in [1.29, 1.82) is 0 Å². The van der Waals surface area contributed by atoms with Crippen molar-refractivity contribution in [1.82, 2.24) is 9.89 Å². The van der Waals surface area contributed by atoms with Crippen molar-refractivity contribution in [2.75, 3.05) is 18.6 Å². The Morgan fingerprint density at radius 3 is 3.07 bits per heavy atom. The smallest absolute Gasteiger partial charge is 0.143 e. The second-order valence-corrected chi connectivity index (χ2v) is 2.90. The number of aromatic nitrogens is 2. The van der Waals surface area contributed by atoms with E-state index in [2.05, 4.69) is 10.5 Å². The van der Waals surface area contributed by atoms with E-state index in [0.29, 0.717) is 12.1 Å². The van der Waals surface area contributed by atoms with Crippen LogP contribution in [0.3, 0.4) is 0 Å². The summed E-state index contributed by atoms with van der Waals surface area (Å²) in [4.78, 5) is 1.46. The number of aliphatic hydroxyl groups is 1. The highest BCUT2D eigenvalue weighted by atomic mass is 16.3. The third-order valence-electron chi connectivity index (χ3n) is 1.94. The molecule has 5 heteroatoms. The number of rotatable bonds is 3. The number of aliphatic hydroxyl groups excluding tert-OH is 1. The number of hydrogen-bond donors (Lipinski definition) is 3. The molecule has 0 bridgehead atoms. The van der Waals surface area contributed by atoms with E-state index >= 15 is 0 Å². The molecule has 1 aromatic carbocycles. The molecule has 2 rings (SSSR count). The van der Waals surface area contributed by atoms with Gasteiger partial charge in [0.25, 0.3) is 0 Å². The van der Waals surface area contributed by atoms with Gasteiger partial charge in [-0.1, -0.05) is 12.1 Å². The fourth-order valence-electron chi connectivity index (χ4n) is 1.34. The van der Waals surface area contributed by atoms with Crippen molar-refractivity contribution < 1.29 is 10.2 Å².